The summed E-state index contributed by atoms with van der Waals surface area (Å²) in [6.45, 7) is 9.26. The van der Waals surface area contributed by atoms with E-state index in [-0.39, 0.29) is 10.8 Å². The Kier molecular flexibility index (Phi) is 8.45. The van der Waals surface area contributed by atoms with Crippen LogP contribution in [0.5, 0.6) is 0 Å². The van der Waals surface area contributed by atoms with Gasteiger partial charge in [0.1, 0.15) is 0 Å². The second-order valence-electron chi connectivity index (χ2n) is 18.9. The highest BCUT2D eigenvalue weighted by Crippen LogP contribution is 2.63. The Balaban J connectivity index is 0.980. The van der Waals surface area contributed by atoms with E-state index in [4.69, 9.17) is 0 Å². The van der Waals surface area contributed by atoms with E-state index in [1.165, 1.54) is 100 Å². The van der Waals surface area contributed by atoms with E-state index in [1.807, 2.05) is 0 Å². The molecule has 0 heterocycles. The van der Waals surface area contributed by atoms with Crippen LogP contribution < -0.4 is 4.90 Å². The number of fused-ring (bicyclic) bond motifs is 13. The van der Waals surface area contributed by atoms with Gasteiger partial charge in [0.2, 0.25) is 0 Å². The first-order valence-electron chi connectivity index (χ1n) is 23.2. The molecule has 0 unspecified atom stereocenters. The Labute approximate surface area is 388 Å². The summed E-state index contributed by atoms with van der Waals surface area (Å²) in [5.74, 6) is 0. The van der Waals surface area contributed by atoms with Gasteiger partial charge in [0, 0.05) is 22.5 Å². The fraction of sp³-hybridized carbons (Fsp3) is 0.0769. The second-order valence-corrected chi connectivity index (χ2v) is 18.9. The van der Waals surface area contributed by atoms with Gasteiger partial charge in [-0.05, 0) is 161 Å². The molecule has 0 saturated heterocycles. The van der Waals surface area contributed by atoms with Crippen LogP contribution in [0.4, 0.5) is 17.1 Å². The highest BCUT2D eigenvalue weighted by Gasteiger charge is 2.51. The second kappa shape index (κ2) is 14.5. The first-order valence-corrected chi connectivity index (χ1v) is 23.2. The van der Waals surface area contributed by atoms with Crippen LogP contribution in [0.25, 0.3) is 61.2 Å². The largest absolute Gasteiger partial charge is 0.310 e. The Morgan fingerprint density at radius 1 is 0.379 bits per heavy atom. The molecule has 312 valence electrons. The van der Waals surface area contributed by atoms with Crippen LogP contribution in [0.15, 0.2) is 237 Å². The lowest BCUT2D eigenvalue weighted by Gasteiger charge is -2.31. The molecule has 9 aromatic carbocycles. The van der Waals surface area contributed by atoms with Crippen LogP contribution in [0.2, 0.25) is 0 Å². The van der Waals surface area contributed by atoms with Gasteiger partial charge in [-0.1, -0.05) is 196 Å². The molecule has 1 nitrogen and oxygen atoms in total. The van der Waals surface area contributed by atoms with Crippen molar-refractivity contribution in [2.75, 3.05) is 4.90 Å². The number of benzene rings is 9. The van der Waals surface area contributed by atoms with Gasteiger partial charge in [0.05, 0.1) is 5.41 Å². The van der Waals surface area contributed by atoms with Crippen molar-refractivity contribution in [2.24, 2.45) is 0 Å². The van der Waals surface area contributed by atoms with E-state index in [2.05, 4.69) is 250 Å². The van der Waals surface area contributed by atoms with Crippen molar-refractivity contribution < 1.29 is 0 Å². The van der Waals surface area contributed by atoms with Crippen molar-refractivity contribution in [3.63, 3.8) is 0 Å². The molecule has 1 heteroatoms. The molecule has 0 fully saturated rings. The predicted molar refractivity (Wildman–Crippen MR) is 277 cm³/mol. The molecular formula is C65H47N. The van der Waals surface area contributed by atoms with E-state index in [0.29, 0.717) is 0 Å². The minimum atomic E-state index is -0.386. The molecule has 0 saturated carbocycles. The molecule has 0 aromatic heterocycles. The Morgan fingerprint density at radius 3 is 1.53 bits per heavy atom. The molecule has 1 spiro atoms. The van der Waals surface area contributed by atoms with E-state index in [1.54, 1.807) is 0 Å². The van der Waals surface area contributed by atoms with Gasteiger partial charge < -0.3 is 4.90 Å². The van der Waals surface area contributed by atoms with Crippen molar-refractivity contribution in [3.05, 3.63) is 276 Å². The van der Waals surface area contributed by atoms with Crippen LogP contribution in [-0.4, -0.2) is 0 Å². The monoisotopic (exact) mass is 841 g/mol. The van der Waals surface area contributed by atoms with Crippen molar-refractivity contribution in [1.29, 1.82) is 0 Å². The molecule has 0 aliphatic heterocycles. The van der Waals surface area contributed by atoms with Gasteiger partial charge in [-0.15, -0.1) is 0 Å². The van der Waals surface area contributed by atoms with Crippen LogP contribution in [0.1, 0.15) is 59.2 Å². The Hall–Kier alpha value is -8.00. The summed E-state index contributed by atoms with van der Waals surface area (Å²) >= 11 is 0. The summed E-state index contributed by atoms with van der Waals surface area (Å²) in [6.07, 6.45) is 7.42. The predicted octanol–water partition coefficient (Wildman–Crippen LogP) is 17.0. The maximum absolute atomic E-state index is 4.52. The summed E-state index contributed by atoms with van der Waals surface area (Å²) < 4.78 is 0. The number of hydrogen-bond donors (Lipinski definition) is 0. The molecule has 4 aliphatic rings. The lowest BCUT2D eigenvalue weighted by molar-refractivity contribution is 0.660. The number of hydrogen-bond acceptors (Lipinski definition) is 1. The van der Waals surface area contributed by atoms with Gasteiger partial charge in [-0.3, -0.25) is 0 Å². The van der Waals surface area contributed by atoms with E-state index < -0.39 is 0 Å². The fourth-order valence-electron chi connectivity index (χ4n) is 12.0. The highest BCUT2D eigenvalue weighted by molar-refractivity contribution is 5.96. The van der Waals surface area contributed by atoms with E-state index >= 15 is 0 Å². The molecule has 4 aliphatic carbocycles. The summed E-state index contributed by atoms with van der Waals surface area (Å²) in [5.41, 5.74) is 27.1. The molecule has 0 bridgehead atoms. The van der Waals surface area contributed by atoms with Gasteiger partial charge in [-0.2, -0.15) is 0 Å². The van der Waals surface area contributed by atoms with E-state index in [9.17, 15) is 0 Å². The summed E-state index contributed by atoms with van der Waals surface area (Å²) in [4.78, 5) is 2.46. The molecule has 13 rings (SSSR count). The van der Waals surface area contributed by atoms with Gasteiger partial charge in [-0.25, -0.2) is 0 Å². The Morgan fingerprint density at radius 2 is 0.879 bits per heavy atom. The van der Waals surface area contributed by atoms with Crippen molar-refractivity contribution in [3.8, 4) is 55.6 Å². The van der Waals surface area contributed by atoms with Gasteiger partial charge in [0.15, 0.2) is 0 Å². The highest BCUT2D eigenvalue weighted by atomic mass is 15.1. The lowest BCUT2D eigenvalue weighted by atomic mass is 9.70. The third kappa shape index (κ3) is 5.53. The zero-order valence-electron chi connectivity index (χ0n) is 37.2. The normalized spacial score (nSPS) is 15.1. The van der Waals surface area contributed by atoms with Crippen LogP contribution in [0.3, 0.4) is 0 Å². The van der Waals surface area contributed by atoms with Crippen LogP contribution in [0, 0.1) is 0 Å². The Bertz CT molecular complexity index is 3480. The van der Waals surface area contributed by atoms with Gasteiger partial charge >= 0.3 is 0 Å². The zero-order chi connectivity index (χ0) is 44.1. The SMILES string of the molecule is C=C1CC=CC=C1c1cc(-c2ccccc2)cc(N(c2ccc(-c3ccc4c(c3)C3(c5ccccc5-c5ccccc53)c3ccccc3-4)cc2)c2ccc3c(c2)C(C)(C)c2ccccc2-3)c1. The first-order chi connectivity index (χ1) is 32.4. The van der Waals surface area contributed by atoms with E-state index in [0.717, 1.165) is 29.1 Å². The molecular weight excluding hydrogens is 795 g/mol. The lowest BCUT2D eigenvalue weighted by Crippen LogP contribution is -2.25. The van der Waals surface area contributed by atoms with Crippen molar-refractivity contribution in [1.82, 2.24) is 0 Å². The molecule has 0 atom stereocenters. The average molecular weight is 842 g/mol. The smallest absolute Gasteiger partial charge is 0.0725 e. The van der Waals surface area contributed by atoms with Crippen molar-refractivity contribution in [2.45, 2.75) is 31.1 Å². The average Bonchev–Trinajstić information content (AvgIpc) is 3.93. The van der Waals surface area contributed by atoms with Crippen molar-refractivity contribution >= 4 is 22.6 Å². The molecule has 9 aromatic rings. The minimum absolute atomic E-state index is 0.142. The quantitative estimate of drug-likeness (QED) is 0.161. The fourth-order valence-corrected chi connectivity index (χ4v) is 12.0. The number of rotatable bonds is 6. The maximum Gasteiger partial charge on any atom is 0.0725 e. The summed E-state index contributed by atoms with van der Waals surface area (Å²) in [7, 11) is 0. The summed E-state index contributed by atoms with van der Waals surface area (Å²) in [5, 5.41) is 0. The summed E-state index contributed by atoms with van der Waals surface area (Å²) in [6, 6.07) is 77.4. The van der Waals surface area contributed by atoms with Gasteiger partial charge in [0.25, 0.3) is 0 Å². The van der Waals surface area contributed by atoms with Crippen LogP contribution >= 0.6 is 0 Å². The molecule has 0 radical (unpaired) electrons. The van der Waals surface area contributed by atoms with Crippen LogP contribution in [-0.2, 0) is 10.8 Å². The standard InChI is InChI=1S/C65H47N/c1-42-17-7-8-20-51(42)47-37-46(43-18-5-4-6-19-43)38-50(39-47)66(49-34-36-56-52-21-9-13-25-58(52)64(2,3)62(56)41-49)48-32-29-44(30-33-48)45-31-35-57-55-24-12-16-28-61(55)65(63(57)40-45)59-26-14-10-22-53(59)54-23-11-15-27-60(54)65/h4-16,18-41H,1,17H2,2-3H3. The molecule has 66 heavy (non-hydrogen) atoms. The molecule has 0 N–H and O–H groups in total. The number of nitrogens with zero attached hydrogens (tertiary/aromatic N) is 1. The zero-order valence-corrected chi connectivity index (χ0v) is 37.2. The minimum Gasteiger partial charge on any atom is -0.310 e. The third-order valence-electron chi connectivity index (χ3n) is 15.0. The third-order valence-corrected chi connectivity index (χ3v) is 15.0. The topological polar surface area (TPSA) is 3.24 Å². The molecule has 0 amide bonds. The number of allylic oxidation sites excluding steroid dienone is 5. The maximum atomic E-state index is 4.52. The number of anilines is 3. The first kappa shape index (κ1) is 38.5.